The lowest BCUT2D eigenvalue weighted by Crippen LogP contribution is -2.37. The molecule has 10 heteroatoms. The lowest BCUT2D eigenvalue weighted by Gasteiger charge is -2.32. The fourth-order valence-corrected chi connectivity index (χ4v) is 3.67. The molecule has 0 radical (unpaired) electrons. The largest absolute Gasteiger partial charge is 0.419 e. The number of pyridine rings is 1. The van der Waals surface area contributed by atoms with Crippen molar-refractivity contribution in [1.82, 2.24) is 9.88 Å². The van der Waals surface area contributed by atoms with Crippen molar-refractivity contribution in [1.29, 1.82) is 0 Å². The molecule has 0 fully saturated rings. The average Bonchev–Trinajstić information content (AvgIpc) is 2.72. The average molecular weight is 470 g/mol. The van der Waals surface area contributed by atoms with Gasteiger partial charge < -0.3 is 9.88 Å². The van der Waals surface area contributed by atoms with Crippen LogP contribution in [0.15, 0.2) is 41.3 Å². The monoisotopic (exact) mass is 470 g/mol. The van der Waals surface area contributed by atoms with Gasteiger partial charge in [-0.1, -0.05) is 19.9 Å². The molecule has 33 heavy (non-hydrogen) atoms. The second-order valence-corrected chi connectivity index (χ2v) is 8.08. The van der Waals surface area contributed by atoms with Gasteiger partial charge in [0, 0.05) is 18.3 Å². The molecule has 1 atom stereocenters. The van der Waals surface area contributed by atoms with Crippen LogP contribution in [0.1, 0.15) is 48.3 Å². The third-order valence-corrected chi connectivity index (χ3v) is 5.25. The highest BCUT2D eigenvalue weighted by Crippen LogP contribution is 2.33. The van der Waals surface area contributed by atoms with Crippen molar-refractivity contribution in [3.05, 3.63) is 81.0 Å². The number of nitrogens with one attached hydrogen (secondary N) is 1. The number of benzene rings is 2. The number of hydrogen-bond acceptors (Lipinski definition) is 2. The molecule has 1 N–H and O–H groups in total. The molecule has 3 aromatic rings. The van der Waals surface area contributed by atoms with Gasteiger partial charge in [0.15, 0.2) is 11.6 Å². The maximum atomic E-state index is 14.3. The number of fused-ring (bicyclic) bond motifs is 1. The summed E-state index contributed by atoms with van der Waals surface area (Å²) < 4.78 is 80.7. The van der Waals surface area contributed by atoms with Gasteiger partial charge in [-0.3, -0.25) is 9.59 Å². The predicted molar refractivity (Wildman–Crippen MR) is 110 cm³/mol. The molecule has 4 nitrogen and oxygen atoms in total. The maximum absolute atomic E-state index is 14.3. The molecule has 2 aromatic carbocycles. The van der Waals surface area contributed by atoms with Crippen LogP contribution in [0, 0.1) is 23.4 Å². The first-order valence-corrected chi connectivity index (χ1v) is 10.00. The Kier molecular flexibility index (Phi) is 6.58. The van der Waals surface area contributed by atoms with Gasteiger partial charge in [-0.2, -0.15) is 13.2 Å². The lowest BCUT2D eigenvalue weighted by molar-refractivity contribution is -0.140. The van der Waals surface area contributed by atoms with Crippen LogP contribution in [0.2, 0.25) is 0 Å². The zero-order chi connectivity index (χ0) is 24.7. The minimum Gasteiger partial charge on any atom is -0.332 e. The van der Waals surface area contributed by atoms with Gasteiger partial charge >= 0.3 is 6.18 Å². The fraction of sp³-hybridized carbons (Fsp3) is 0.304. The van der Waals surface area contributed by atoms with Crippen LogP contribution in [0.5, 0.6) is 0 Å². The molecule has 0 aliphatic heterocycles. The summed E-state index contributed by atoms with van der Waals surface area (Å²) in [4.78, 5) is 28.9. The number of aromatic amines is 1. The van der Waals surface area contributed by atoms with E-state index in [9.17, 15) is 35.9 Å². The first-order chi connectivity index (χ1) is 15.3. The Balaban J connectivity index is 2.10. The lowest BCUT2D eigenvalue weighted by atomic mass is 9.99. The van der Waals surface area contributed by atoms with E-state index in [-0.39, 0.29) is 29.0 Å². The normalized spacial score (nSPS) is 12.9. The van der Waals surface area contributed by atoms with Crippen LogP contribution in [0.25, 0.3) is 10.8 Å². The van der Waals surface area contributed by atoms with Crippen molar-refractivity contribution in [3.63, 3.8) is 0 Å². The topological polar surface area (TPSA) is 53.2 Å². The third-order valence-electron chi connectivity index (χ3n) is 5.25. The van der Waals surface area contributed by atoms with Crippen LogP contribution in [-0.4, -0.2) is 22.3 Å². The zero-order valence-electron chi connectivity index (χ0n) is 17.9. The van der Waals surface area contributed by atoms with Crippen molar-refractivity contribution in [2.24, 2.45) is 5.92 Å². The van der Waals surface area contributed by atoms with Crippen LogP contribution < -0.4 is 5.56 Å². The molecule has 0 spiro atoms. The van der Waals surface area contributed by atoms with E-state index in [1.54, 1.807) is 20.8 Å². The number of hydrogen-bond donors (Lipinski definition) is 1. The van der Waals surface area contributed by atoms with Gasteiger partial charge in [-0.05, 0) is 48.1 Å². The number of carbonyl (C=O) groups is 1. The standard InChI is InChI=1S/C23H20F6N2O2/c1-11(2)10-31(22(33)13-4-6-16(18(25)8-13)23(27,28)29)12(3)15-9-30-21(32)19-14(15)5-7-17(24)20(19)26/h4-9,11-12H,10H2,1-3H3,(H,30,32)/t12-/m0/s1. The van der Waals surface area contributed by atoms with Crippen LogP contribution in [0.4, 0.5) is 26.3 Å². The van der Waals surface area contributed by atoms with Crippen LogP contribution in [-0.2, 0) is 6.18 Å². The highest BCUT2D eigenvalue weighted by Gasteiger charge is 2.35. The minimum absolute atomic E-state index is 0.0744. The van der Waals surface area contributed by atoms with E-state index in [1.807, 2.05) is 0 Å². The van der Waals surface area contributed by atoms with Gasteiger partial charge in [0.2, 0.25) is 0 Å². The van der Waals surface area contributed by atoms with Gasteiger partial charge in [-0.15, -0.1) is 0 Å². The zero-order valence-corrected chi connectivity index (χ0v) is 17.9. The summed E-state index contributed by atoms with van der Waals surface area (Å²) in [6.07, 6.45) is -3.65. The van der Waals surface area contributed by atoms with E-state index in [4.69, 9.17) is 0 Å². The summed E-state index contributed by atoms with van der Waals surface area (Å²) >= 11 is 0. The number of H-pyrrole nitrogens is 1. The van der Waals surface area contributed by atoms with Crippen molar-refractivity contribution >= 4 is 16.7 Å². The molecule has 0 bridgehead atoms. The Hall–Kier alpha value is -3.30. The first-order valence-electron chi connectivity index (χ1n) is 10.00. The van der Waals surface area contributed by atoms with Gasteiger partial charge in [0.05, 0.1) is 17.0 Å². The molecule has 0 aliphatic carbocycles. The summed E-state index contributed by atoms with van der Waals surface area (Å²) in [5.74, 6) is -5.00. The van der Waals surface area contributed by atoms with E-state index in [2.05, 4.69) is 4.98 Å². The molecule has 3 rings (SSSR count). The number of amides is 1. The third kappa shape index (κ3) is 4.74. The second-order valence-electron chi connectivity index (χ2n) is 8.08. The van der Waals surface area contributed by atoms with Gasteiger partial charge in [0.25, 0.3) is 11.5 Å². The minimum atomic E-state index is -4.91. The molecule has 0 aliphatic rings. The van der Waals surface area contributed by atoms with E-state index in [0.29, 0.717) is 12.1 Å². The van der Waals surface area contributed by atoms with E-state index < -0.39 is 52.1 Å². The number of alkyl halides is 3. The predicted octanol–water partition coefficient (Wildman–Crippen LogP) is 5.82. The fourth-order valence-electron chi connectivity index (χ4n) is 3.67. The molecule has 1 aromatic heterocycles. The van der Waals surface area contributed by atoms with Gasteiger partial charge in [0.1, 0.15) is 5.82 Å². The summed E-state index contributed by atoms with van der Waals surface area (Å²) in [6, 6.07) is 3.14. The number of nitrogens with zero attached hydrogens (tertiary/aromatic N) is 1. The van der Waals surface area contributed by atoms with Crippen molar-refractivity contribution in [2.75, 3.05) is 6.54 Å². The second kappa shape index (κ2) is 8.92. The maximum Gasteiger partial charge on any atom is 0.419 e. The van der Waals surface area contributed by atoms with E-state index in [0.717, 1.165) is 12.1 Å². The number of aromatic nitrogens is 1. The van der Waals surface area contributed by atoms with Gasteiger partial charge in [-0.25, -0.2) is 13.2 Å². The Labute approximate surface area is 184 Å². The summed E-state index contributed by atoms with van der Waals surface area (Å²) in [5, 5.41) is -0.442. The molecular formula is C23H20F6N2O2. The first kappa shape index (κ1) is 24.3. The summed E-state index contributed by atoms with van der Waals surface area (Å²) in [7, 11) is 0. The van der Waals surface area contributed by atoms with Crippen molar-refractivity contribution < 1.29 is 31.1 Å². The summed E-state index contributed by atoms with van der Waals surface area (Å²) in [5.41, 5.74) is -2.38. The quantitative estimate of drug-likeness (QED) is 0.478. The summed E-state index contributed by atoms with van der Waals surface area (Å²) in [6.45, 7) is 5.27. The number of carbonyl (C=O) groups excluding carboxylic acids is 1. The van der Waals surface area contributed by atoms with E-state index in [1.165, 1.54) is 17.2 Å². The molecule has 1 heterocycles. The molecule has 0 saturated carbocycles. The van der Waals surface area contributed by atoms with Crippen molar-refractivity contribution in [3.8, 4) is 0 Å². The molecular weight excluding hydrogens is 450 g/mol. The highest BCUT2D eigenvalue weighted by molar-refractivity contribution is 5.95. The Morgan fingerprint density at radius 1 is 1.03 bits per heavy atom. The van der Waals surface area contributed by atoms with Crippen molar-refractivity contribution in [2.45, 2.75) is 33.0 Å². The molecule has 1 amide bonds. The molecule has 0 saturated heterocycles. The number of rotatable bonds is 5. The van der Waals surface area contributed by atoms with Crippen LogP contribution >= 0.6 is 0 Å². The highest BCUT2D eigenvalue weighted by atomic mass is 19.4. The smallest absolute Gasteiger partial charge is 0.332 e. The van der Waals surface area contributed by atoms with Crippen LogP contribution in [0.3, 0.4) is 0 Å². The Bertz CT molecular complexity index is 1270. The molecule has 0 unspecified atom stereocenters. The Morgan fingerprint density at radius 3 is 2.27 bits per heavy atom. The van der Waals surface area contributed by atoms with E-state index >= 15 is 0 Å². The SMILES string of the molecule is CC(C)CN(C(=O)c1ccc(C(F)(F)F)c(F)c1)[C@@H](C)c1c[nH]c(=O)c2c(F)c(F)ccc12. The number of halogens is 6. The Morgan fingerprint density at radius 2 is 1.70 bits per heavy atom. The molecule has 176 valence electrons.